The van der Waals surface area contributed by atoms with E-state index in [1.54, 1.807) is 29.7 Å². The Morgan fingerprint density at radius 2 is 1.74 bits per heavy atom. The third-order valence-electron chi connectivity index (χ3n) is 4.60. The molecule has 8 heteroatoms. The number of hydrogen-bond acceptors (Lipinski definition) is 5. The molecule has 1 fully saturated rings. The van der Waals surface area contributed by atoms with Crippen LogP contribution in [-0.4, -0.2) is 57.8 Å². The minimum Gasteiger partial charge on any atom is -0.340 e. The van der Waals surface area contributed by atoms with Crippen LogP contribution in [0.15, 0.2) is 24.3 Å². The van der Waals surface area contributed by atoms with Gasteiger partial charge in [0.25, 0.3) is 5.91 Å². The summed E-state index contributed by atoms with van der Waals surface area (Å²) in [6.07, 6.45) is 0. The Kier molecular flexibility index (Phi) is 5.60. The summed E-state index contributed by atoms with van der Waals surface area (Å²) >= 11 is 6.17. The van der Waals surface area contributed by atoms with E-state index in [0.717, 1.165) is 11.3 Å². The predicted octanol–water partition coefficient (Wildman–Crippen LogP) is 2.79. The van der Waals surface area contributed by atoms with Crippen LogP contribution in [-0.2, 0) is 4.79 Å². The summed E-state index contributed by atoms with van der Waals surface area (Å²) in [5.74, 6) is 0.918. The number of aryl methyl sites for hydroxylation is 1. The zero-order chi connectivity index (χ0) is 19.6. The molecule has 1 N–H and O–H groups in total. The predicted molar refractivity (Wildman–Crippen MR) is 104 cm³/mol. The summed E-state index contributed by atoms with van der Waals surface area (Å²) in [7, 11) is 0. The van der Waals surface area contributed by atoms with Gasteiger partial charge in [0.1, 0.15) is 17.3 Å². The zero-order valence-corrected chi connectivity index (χ0v) is 16.4. The average molecular weight is 388 g/mol. The van der Waals surface area contributed by atoms with Gasteiger partial charge in [0, 0.05) is 49.9 Å². The van der Waals surface area contributed by atoms with E-state index in [4.69, 9.17) is 11.6 Å². The van der Waals surface area contributed by atoms with Crippen molar-refractivity contribution in [1.82, 2.24) is 19.8 Å². The fourth-order valence-corrected chi connectivity index (χ4v) is 3.18. The van der Waals surface area contributed by atoms with Crippen molar-refractivity contribution in [2.45, 2.75) is 20.8 Å². The molecule has 1 aliphatic heterocycles. The number of nitrogens with one attached hydrogen (secondary N) is 1. The first-order valence-electron chi connectivity index (χ1n) is 8.78. The normalized spacial score (nSPS) is 14.2. The second kappa shape index (κ2) is 7.92. The largest absolute Gasteiger partial charge is 0.340 e. The van der Waals surface area contributed by atoms with E-state index in [1.807, 2.05) is 25.1 Å². The lowest BCUT2D eigenvalue weighted by Crippen LogP contribution is -2.50. The number of halogens is 1. The van der Waals surface area contributed by atoms with Gasteiger partial charge in [0.15, 0.2) is 0 Å². The molecular formula is C19H22ClN5O2. The summed E-state index contributed by atoms with van der Waals surface area (Å²) < 4.78 is 0. The number of piperazine rings is 1. The first-order chi connectivity index (χ1) is 12.8. The van der Waals surface area contributed by atoms with Crippen LogP contribution in [0.25, 0.3) is 0 Å². The highest BCUT2D eigenvalue weighted by molar-refractivity contribution is 6.31. The highest BCUT2D eigenvalue weighted by Gasteiger charge is 2.24. The van der Waals surface area contributed by atoms with Crippen LogP contribution in [0.4, 0.5) is 11.5 Å². The zero-order valence-electron chi connectivity index (χ0n) is 15.6. The lowest BCUT2D eigenvalue weighted by Gasteiger charge is -2.34. The molecular weight excluding hydrogens is 366 g/mol. The molecule has 0 spiro atoms. The maximum absolute atomic E-state index is 12.8. The van der Waals surface area contributed by atoms with Crippen molar-refractivity contribution in [2.75, 3.05) is 31.5 Å². The number of rotatable bonds is 3. The number of hydrogen-bond donors (Lipinski definition) is 1. The van der Waals surface area contributed by atoms with Gasteiger partial charge in [-0.3, -0.25) is 9.59 Å². The second-order valence-corrected chi connectivity index (χ2v) is 6.93. The van der Waals surface area contributed by atoms with Crippen LogP contribution >= 0.6 is 11.6 Å². The fraction of sp³-hybridized carbons (Fsp3) is 0.368. The van der Waals surface area contributed by atoms with Gasteiger partial charge in [-0.25, -0.2) is 9.97 Å². The molecule has 1 saturated heterocycles. The van der Waals surface area contributed by atoms with E-state index in [0.29, 0.717) is 48.5 Å². The Labute approximate surface area is 163 Å². The van der Waals surface area contributed by atoms with Crippen molar-refractivity contribution in [1.29, 1.82) is 0 Å². The molecule has 0 aliphatic carbocycles. The van der Waals surface area contributed by atoms with E-state index < -0.39 is 0 Å². The van der Waals surface area contributed by atoms with Crippen LogP contribution in [0.2, 0.25) is 5.02 Å². The number of nitrogens with zero attached hydrogens (tertiary/aromatic N) is 4. The van der Waals surface area contributed by atoms with Crippen molar-refractivity contribution in [2.24, 2.45) is 0 Å². The number of carbonyl (C=O) groups excluding carboxylic acids is 2. The van der Waals surface area contributed by atoms with Gasteiger partial charge in [-0.05, 0) is 31.5 Å². The molecule has 3 rings (SSSR count). The van der Waals surface area contributed by atoms with E-state index in [1.165, 1.54) is 0 Å². The van der Waals surface area contributed by atoms with Gasteiger partial charge < -0.3 is 15.1 Å². The van der Waals surface area contributed by atoms with Crippen molar-refractivity contribution in [3.63, 3.8) is 0 Å². The Bertz CT molecular complexity index is 878. The third-order valence-corrected chi connectivity index (χ3v) is 5.01. The molecule has 0 bridgehead atoms. The quantitative estimate of drug-likeness (QED) is 0.876. The molecule has 1 aromatic carbocycles. The van der Waals surface area contributed by atoms with Crippen molar-refractivity contribution < 1.29 is 9.59 Å². The van der Waals surface area contributed by atoms with Gasteiger partial charge in [-0.1, -0.05) is 17.7 Å². The number of anilines is 2. The standard InChI is InChI=1S/C19H22ClN5O2/c1-12-15(20)5-4-6-16(12)23-18-11-17(21-13(2)22-18)19(27)25-9-7-24(8-10-25)14(3)26/h4-6,11H,7-10H2,1-3H3,(H,21,22,23). The van der Waals surface area contributed by atoms with Crippen LogP contribution < -0.4 is 5.32 Å². The molecule has 27 heavy (non-hydrogen) atoms. The first kappa shape index (κ1) is 19.1. The second-order valence-electron chi connectivity index (χ2n) is 6.52. The number of aromatic nitrogens is 2. The Balaban J connectivity index is 1.78. The van der Waals surface area contributed by atoms with Crippen LogP contribution in [0.3, 0.4) is 0 Å². The highest BCUT2D eigenvalue weighted by atomic mass is 35.5. The summed E-state index contributed by atoms with van der Waals surface area (Å²) in [6.45, 7) is 7.28. The van der Waals surface area contributed by atoms with E-state index in [2.05, 4.69) is 15.3 Å². The molecule has 0 radical (unpaired) electrons. The molecule has 1 aromatic heterocycles. The smallest absolute Gasteiger partial charge is 0.272 e. The SMILES string of the molecule is CC(=O)N1CCN(C(=O)c2cc(Nc3cccc(Cl)c3C)nc(C)n2)CC1. The van der Waals surface area contributed by atoms with Crippen molar-refractivity contribution in [3.8, 4) is 0 Å². The average Bonchev–Trinajstić information content (AvgIpc) is 2.64. The monoisotopic (exact) mass is 387 g/mol. The topological polar surface area (TPSA) is 78.4 Å². The molecule has 7 nitrogen and oxygen atoms in total. The molecule has 1 aliphatic rings. The molecule has 2 amide bonds. The molecule has 0 unspecified atom stereocenters. The van der Waals surface area contributed by atoms with E-state index in [-0.39, 0.29) is 11.8 Å². The van der Waals surface area contributed by atoms with E-state index in [9.17, 15) is 9.59 Å². The van der Waals surface area contributed by atoms with Crippen LogP contribution in [0, 0.1) is 13.8 Å². The van der Waals surface area contributed by atoms with Gasteiger partial charge in [-0.2, -0.15) is 0 Å². The van der Waals surface area contributed by atoms with Gasteiger partial charge in [-0.15, -0.1) is 0 Å². The lowest BCUT2D eigenvalue weighted by molar-refractivity contribution is -0.130. The summed E-state index contributed by atoms with van der Waals surface area (Å²) in [4.78, 5) is 36.4. The summed E-state index contributed by atoms with van der Waals surface area (Å²) in [6, 6.07) is 7.23. The fourth-order valence-electron chi connectivity index (χ4n) is 3.01. The number of benzene rings is 1. The molecule has 142 valence electrons. The number of amides is 2. The third kappa shape index (κ3) is 4.36. The Morgan fingerprint density at radius 3 is 2.41 bits per heavy atom. The molecule has 0 atom stereocenters. The molecule has 2 aromatic rings. The molecule has 0 saturated carbocycles. The Hall–Kier alpha value is -2.67. The maximum Gasteiger partial charge on any atom is 0.272 e. The van der Waals surface area contributed by atoms with Crippen molar-refractivity contribution in [3.05, 3.63) is 46.4 Å². The summed E-state index contributed by atoms with van der Waals surface area (Å²) in [5.41, 5.74) is 2.07. The highest BCUT2D eigenvalue weighted by Crippen LogP contribution is 2.25. The Morgan fingerprint density at radius 1 is 1.07 bits per heavy atom. The maximum atomic E-state index is 12.8. The minimum atomic E-state index is -0.158. The number of carbonyl (C=O) groups is 2. The lowest BCUT2D eigenvalue weighted by atomic mass is 10.2. The summed E-state index contributed by atoms with van der Waals surface area (Å²) in [5, 5.41) is 3.87. The minimum absolute atomic E-state index is 0.0309. The van der Waals surface area contributed by atoms with Gasteiger partial charge in [0.05, 0.1) is 0 Å². The first-order valence-corrected chi connectivity index (χ1v) is 9.15. The van der Waals surface area contributed by atoms with Crippen LogP contribution in [0.5, 0.6) is 0 Å². The van der Waals surface area contributed by atoms with Crippen molar-refractivity contribution >= 4 is 34.9 Å². The van der Waals surface area contributed by atoms with Gasteiger partial charge >= 0.3 is 0 Å². The molecule has 2 heterocycles. The van der Waals surface area contributed by atoms with E-state index >= 15 is 0 Å². The van der Waals surface area contributed by atoms with Gasteiger partial charge in [0.2, 0.25) is 5.91 Å². The van der Waals surface area contributed by atoms with Crippen LogP contribution in [0.1, 0.15) is 28.8 Å².